The number of rotatable bonds is 6. The zero-order valence-electron chi connectivity index (χ0n) is 13.8. The minimum atomic E-state index is -0.0355. The van der Waals surface area contributed by atoms with E-state index in [4.69, 9.17) is 0 Å². The highest BCUT2D eigenvalue weighted by Crippen LogP contribution is 2.34. The number of amides is 1. The van der Waals surface area contributed by atoms with Gasteiger partial charge >= 0.3 is 0 Å². The van der Waals surface area contributed by atoms with E-state index in [1.807, 2.05) is 48.7 Å². The molecule has 7 nitrogen and oxygen atoms in total. The first-order chi connectivity index (χ1) is 11.0. The molecule has 122 valence electrons. The number of tetrazole rings is 1. The minimum Gasteiger partial charge on any atom is -0.325 e. The minimum absolute atomic E-state index is 0.0355. The summed E-state index contributed by atoms with van der Waals surface area (Å²) in [5, 5.41) is 14.8. The van der Waals surface area contributed by atoms with Crippen molar-refractivity contribution < 1.29 is 4.79 Å². The molecule has 1 heterocycles. The van der Waals surface area contributed by atoms with E-state index in [-0.39, 0.29) is 5.91 Å². The van der Waals surface area contributed by atoms with E-state index in [0.29, 0.717) is 19.1 Å². The molecule has 1 aromatic heterocycles. The maximum absolute atomic E-state index is 12.2. The number of likely N-dealkylation sites (N-methyl/N-ethyl adjacent to an activating group) is 1. The van der Waals surface area contributed by atoms with Gasteiger partial charge in [-0.1, -0.05) is 12.1 Å². The molecule has 3 rings (SSSR count). The van der Waals surface area contributed by atoms with E-state index in [9.17, 15) is 4.79 Å². The number of carbonyl (C=O) groups excluding carboxylic acids is 1. The molecule has 1 aliphatic carbocycles. The van der Waals surface area contributed by atoms with Gasteiger partial charge in [-0.25, -0.2) is 4.68 Å². The molecule has 7 heteroatoms. The smallest absolute Gasteiger partial charge is 0.238 e. The summed E-state index contributed by atoms with van der Waals surface area (Å²) >= 11 is 0. The van der Waals surface area contributed by atoms with Crippen LogP contribution in [-0.2, 0) is 11.3 Å². The highest BCUT2D eigenvalue weighted by atomic mass is 16.2. The summed E-state index contributed by atoms with van der Waals surface area (Å²) in [5.74, 6) is 0.779. The van der Waals surface area contributed by atoms with E-state index in [2.05, 4.69) is 20.8 Å². The van der Waals surface area contributed by atoms with Crippen molar-refractivity contribution >= 4 is 11.6 Å². The Kier molecular flexibility index (Phi) is 4.38. The Morgan fingerprint density at radius 1 is 1.39 bits per heavy atom. The third-order valence-electron chi connectivity index (χ3n) is 4.16. The van der Waals surface area contributed by atoms with Gasteiger partial charge in [0.25, 0.3) is 0 Å². The molecule has 23 heavy (non-hydrogen) atoms. The molecule has 0 unspecified atom stereocenters. The van der Waals surface area contributed by atoms with Crippen molar-refractivity contribution in [3.8, 4) is 0 Å². The molecule has 0 bridgehead atoms. The van der Waals surface area contributed by atoms with Crippen molar-refractivity contribution in [2.24, 2.45) is 0 Å². The van der Waals surface area contributed by atoms with E-state index >= 15 is 0 Å². The fraction of sp³-hybridized carbons (Fsp3) is 0.500. The van der Waals surface area contributed by atoms with Gasteiger partial charge in [0, 0.05) is 5.69 Å². The second-order valence-corrected chi connectivity index (χ2v) is 6.24. The molecule has 0 atom stereocenters. The molecule has 0 saturated heterocycles. The zero-order chi connectivity index (χ0) is 16.4. The number of anilines is 1. The van der Waals surface area contributed by atoms with Crippen molar-refractivity contribution in [3.05, 3.63) is 35.2 Å². The molecule has 0 radical (unpaired) electrons. The predicted molar refractivity (Wildman–Crippen MR) is 87.0 cm³/mol. The molecule has 1 saturated carbocycles. The molecule has 2 aromatic rings. The lowest BCUT2D eigenvalue weighted by atomic mass is 10.1. The number of benzene rings is 1. The molecular formula is C16H22N6O. The molecule has 0 spiro atoms. The van der Waals surface area contributed by atoms with Crippen molar-refractivity contribution in [2.75, 3.05) is 18.9 Å². The highest BCUT2D eigenvalue weighted by molar-refractivity contribution is 5.93. The summed E-state index contributed by atoms with van der Waals surface area (Å²) in [5.41, 5.74) is 3.13. The first-order valence-corrected chi connectivity index (χ1v) is 7.86. The Labute approximate surface area is 135 Å². The maximum Gasteiger partial charge on any atom is 0.238 e. The van der Waals surface area contributed by atoms with Crippen molar-refractivity contribution in [2.45, 2.75) is 39.3 Å². The largest absolute Gasteiger partial charge is 0.325 e. The average molecular weight is 314 g/mol. The second kappa shape index (κ2) is 6.45. The number of hydrogen-bond donors (Lipinski definition) is 1. The summed E-state index contributed by atoms with van der Waals surface area (Å²) in [4.78, 5) is 14.2. The summed E-state index contributed by atoms with van der Waals surface area (Å²) in [6.07, 6.45) is 2.27. The van der Waals surface area contributed by atoms with Crippen molar-refractivity contribution in [1.29, 1.82) is 0 Å². The van der Waals surface area contributed by atoms with Crippen LogP contribution < -0.4 is 5.32 Å². The standard InChI is InChI=1S/C16H22N6O/c1-11-5-4-6-14(12(11)2)17-16(23)10-21(3)9-15-18-19-20-22(15)13-7-8-13/h4-6,13H,7-10H2,1-3H3,(H,17,23). The van der Waals surface area contributed by atoms with Gasteiger partial charge in [0.2, 0.25) is 5.91 Å². The van der Waals surface area contributed by atoms with Crippen LogP contribution in [0.1, 0.15) is 35.8 Å². The van der Waals surface area contributed by atoms with Gasteiger partial charge in [-0.15, -0.1) is 5.10 Å². The first kappa shape index (κ1) is 15.6. The lowest BCUT2D eigenvalue weighted by molar-refractivity contribution is -0.117. The van der Waals surface area contributed by atoms with Gasteiger partial charge in [0.1, 0.15) is 0 Å². The number of hydrogen-bond acceptors (Lipinski definition) is 5. The van der Waals surface area contributed by atoms with Crippen LogP contribution in [0, 0.1) is 13.8 Å². The topological polar surface area (TPSA) is 75.9 Å². The van der Waals surface area contributed by atoms with Crippen LogP contribution >= 0.6 is 0 Å². The molecule has 1 aromatic carbocycles. The lowest BCUT2D eigenvalue weighted by Crippen LogP contribution is -2.31. The molecule has 1 amide bonds. The Hall–Kier alpha value is -2.28. The van der Waals surface area contributed by atoms with Crippen LogP contribution in [0.5, 0.6) is 0 Å². The summed E-state index contributed by atoms with van der Waals surface area (Å²) in [7, 11) is 1.90. The Morgan fingerprint density at radius 3 is 2.91 bits per heavy atom. The molecule has 1 aliphatic rings. The van der Waals surface area contributed by atoms with Crippen LogP contribution in [-0.4, -0.2) is 44.6 Å². The highest BCUT2D eigenvalue weighted by Gasteiger charge is 2.28. The second-order valence-electron chi connectivity index (χ2n) is 6.24. The van der Waals surface area contributed by atoms with Gasteiger partial charge in [0.15, 0.2) is 5.82 Å². The molecule has 0 aliphatic heterocycles. The van der Waals surface area contributed by atoms with Gasteiger partial charge < -0.3 is 5.32 Å². The zero-order valence-corrected chi connectivity index (χ0v) is 13.8. The normalized spacial score (nSPS) is 14.3. The predicted octanol–water partition coefficient (Wildman–Crippen LogP) is 1.70. The number of aryl methyl sites for hydroxylation is 1. The van der Waals surface area contributed by atoms with E-state index in [1.54, 1.807) is 0 Å². The quantitative estimate of drug-likeness (QED) is 0.878. The van der Waals surface area contributed by atoms with Crippen LogP contribution in [0.25, 0.3) is 0 Å². The first-order valence-electron chi connectivity index (χ1n) is 7.86. The fourth-order valence-electron chi connectivity index (χ4n) is 2.54. The number of nitrogens with one attached hydrogen (secondary N) is 1. The van der Waals surface area contributed by atoms with Crippen molar-refractivity contribution in [3.63, 3.8) is 0 Å². The number of aromatic nitrogens is 4. The van der Waals surface area contributed by atoms with Crippen LogP contribution in [0.15, 0.2) is 18.2 Å². The monoisotopic (exact) mass is 314 g/mol. The van der Waals surface area contributed by atoms with Gasteiger partial charge in [-0.3, -0.25) is 9.69 Å². The van der Waals surface area contributed by atoms with Crippen LogP contribution in [0.3, 0.4) is 0 Å². The Morgan fingerprint density at radius 2 is 2.17 bits per heavy atom. The third-order valence-corrected chi connectivity index (χ3v) is 4.16. The summed E-state index contributed by atoms with van der Waals surface area (Å²) in [6, 6.07) is 6.35. The van der Waals surface area contributed by atoms with Crippen LogP contribution in [0.4, 0.5) is 5.69 Å². The van der Waals surface area contributed by atoms with Gasteiger partial charge in [-0.05, 0) is 61.4 Å². The molecule has 1 N–H and O–H groups in total. The Bertz CT molecular complexity index is 706. The maximum atomic E-state index is 12.2. The molecule has 1 fully saturated rings. The average Bonchev–Trinajstić information content (AvgIpc) is 3.24. The van der Waals surface area contributed by atoms with Crippen LogP contribution in [0.2, 0.25) is 0 Å². The van der Waals surface area contributed by atoms with Gasteiger partial charge in [0.05, 0.1) is 19.1 Å². The molecular weight excluding hydrogens is 292 g/mol. The number of carbonyl (C=O) groups is 1. The summed E-state index contributed by atoms with van der Waals surface area (Å²) < 4.78 is 1.87. The van der Waals surface area contributed by atoms with Crippen molar-refractivity contribution in [1.82, 2.24) is 25.1 Å². The van der Waals surface area contributed by atoms with E-state index in [0.717, 1.165) is 29.9 Å². The van der Waals surface area contributed by atoms with Gasteiger partial charge in [-0.2, -0.15) is 0 Å². The Balaban J connectivity index is 1.57. The number of nitrogens with zero attached hydrogens (tertiary/aromatic N) is 5. The van der Waals surface area contributed by atoms with E-state index in [1.165, 1.54) is 5.56 Å². The summed E-state index contributed by atoms with van der Waals surface area (Å²) in [6.45, 7) is 4.90. The van der Waals surface area contributed by atoms with E-state index < -0.39 is 0 Å². The SMILES string of the molecule is Cc1cccc(NC(=O)CN(C)Cc2nnnn2C2CC2)c1C. The fourth-order valence-corrected chi connectivity index (χ4v) is 2.54. The third kappa shape index (κ3) is 3.73. The lowest BCUT2D eigenvalue weighted by Gasteiger charge is -2.16.